The average molecular weight is 253 g/mol. The zero-order valence-corrected chi connectivity index (χ0v) is 10.4. The van der Waals surface area contributed by atoms with E-state index in [9.17, 15) is 9.59 Å². The van der Waals surface area contributed by atoms with Crippen molar-refractivity contribution < 1.29 is 24.2 Å². The van der Waals surface area contributed by atoms with Crippen LogP contribution in [0.15, 0.2) is 18.2 Å². The van der Waals surface area contributed by atoms with Gasteiger partial charge in [-0.05, 0) is 19.1 Å². The molecule has 0 aromatic heterocycles. The standard InChI is InChI=1S/C12H15NO5/c1-7(12(15)16)13-11(14)10-8(17-2)5-4-6-9(10)18-3/h4-7H,1-3H3,(H,13,14)(H,15,16)/t7-/m1/s1. The van der Waals surface area contributed by atoms with Gasteiger partial charge >= 0.3 is 5.97 Å². The van der Waals surface area contributed by atoms with Gasteiger partial charge in [-0.25, -0.2) is 0 Å². The molecule has 0 spiro atoms. The van der Waals surface area contributed by atoms with Crippen LogP contribution in [0.5, 0.6) is 11.5 Å². The number of rotatable bonds is 5. The van der Waals surface area contributed by atoms with E-state index in [1.165, 1.54) is 21.1 Å². The molecule has 1 aromatic carbocycles. The fourth-order valence-electron chi connectivity index (χ4n) is 1.41. The molecular formula is C12H15NO5. The van der Waals surface area contributed by atoms with Crippen molar-refractivity contribution in [1.29, 1.82) is 0 Å². The lowest BCUT2D eigenvalue weighted by Gasteiger charge is -2.14. The third kappa shape index (κ3) is 2.91. The van der Waals surface area contributed by atoms with E-state index in [2.05, 4.69) is 5.32 Å². The summed E-state index contributed by atoms with van der Waals surface area (Å²) in [4.78, 5) is 22.7. The van der Waals surface area contributed by atoms with Crippen molar-refractivity contribution >= 4 is 11.9 Å². The SMILES string of the molecule is COc1cccc(OC)c1C(=O)N[C@H](C)C(=O)O. The van der Waals surface area contributed by atoms with Gasteiger partial charge in [0, 0.05) is 0 Å². The molecule has 1 atom stereocenters. The maximum atomic E-state index is 12.0. The zero-order chi connectivity index (χ0) is 13.7. The predicted molar refractivity (Wildman–Crippen MR) is 64.1 cm³/mol. The summed E-state index contributed by atoms with van der Waals surface area (Å²) in [6.45, 7) is 1.38. The average Bonchev–Trinajstić information content (AvgIpc) is 2.37. The molecule has 0 heterocycles. The molecule has 0 aliphatic rings. The number of carbonyl (C=O) groups is 2. The molecule has 0 saturated carbocycles. The second-order valence-corrected chi connectivity index (χ2v) is 3.57. The summed E-state index contributed by atoms with van der Waals surface area (Å²) in [7, 11) is 2.85. The Morgan fingerprint density at radius 2 is 1.72 bits per heavy atom. The fraction of sp³-hybridized carbons (Fsp3) is 0.333. The molecule has 0 aliphatic carbocycles. The van der Waals surface area contributed by atoms with Crippen LogP contribution in [-0.4, -0.2) is 37.2 Å². The van der Waals surface area contributed by atoms with Crippen LogP contribution in [-0.2, 0) is 4.79 Å². The van der Waals surface area contributed by atoms with Crippen LogP contribution in [0.25, 0.3) is 0 Å². The van der Waals surface area contributed by atoms with Crippen molar-refractivity contribution in [3.05, 3.63) is 23.8 Å². The number of nitrogens with one attached hydrogen (secondary N) is 1. The van der Waals surface area contributed by atoms with E-state index >= 15 is 0 Å². The van der Waals surface area contributed by atoms with E-state index in [-0.39, 0.29) is 5.56 Å². The Kier molecular flexibility index (Phi) is 4.53. The van der Waals surface area contributed by atoms with Gasteiger partial charge in [0.25, 0.3) is 5.91 Å². The maximum Gasteiger partial charge on any atom is 0.325 e. The molecule has 1 aromatic rings. The van der Waals surface area contributed by atoms with Crippen molar-refractivity contribution in [2.45, 2.75) is 13.0 Å². The quantitative estimate of drug-likeness (QED) is 0.814. The largest absolute Gasteiger partial charge is 0.496 e. The minimum absolute atomic E-state index is 0.176. The number of aliphatic carboxylic acids is 1. The number of hydrogen-bond acceptors (Lipinski definition) is 4. The molecule has 0 aliphatic heterocycles. The molecule has 6 heteroatoms. The van der Waals surface area contributed by atoms with Crippen LogP contribution in [0.2, 0.25) is 0 Å². The van der Waals surface area contributed by atoms with Crippen LogP contribution >= 0.6 is 0 Å². The summed E-state index contributed by atoms with van der Waals surface area (Å²) in [5.74, 6) is -1.02. The van der Waals surface area contributed by atoms with Crippen LogP contribution in [0.3, 0.4) is 0 Å². The number of carboxylic acid groups (broad SMARTS) is 1. The van der Waals surface area contributed by atoms with Crippen molar-refractivity contribution in [2.24, 2.45) is 0 Å². The molecule has 2 N–H and O–H groups in total. The van der Waals surface area contributed by atoms with Gasteiger partial charge < -0.3 is 19.9 Å². The third-order valence-corrected chi connectivity index (χ3v) is 2.37. The summed E-state index contributed by atoms with van der Waals surface area (Å²) in [5, 5.41) is 11.1. The molecule has 18 heavy (non-hydrogen) atoms. The second kappa shape index (κ2) is 5.90. The smallest absolute Gasteiger partial charge is 0.325 e. The number of methoxy groups -OCH3 is 2. The molecule has 0 saturated heterocycles. The second-order valence-electron chi connectivity index (χ2n) is 3.57. The van der Waals surface area contributed by atoms with Crippen LogP contribution < -0.4 is 14.8 Å². The Labute approximate surface area is 105 Å². The van der Waals surface area contributed by atoms with Crippen LogP contribution in [0.4, 0.5) is 0 Å². The molecule has 0 radical (unpaired) electrons. The van der Waals surface area contributed by atoms with Gasteiger partial charge in [0.05, 0.1) is 14.2 Å². The Morgan fingerprint density at radius 1 is 1.22 bits per heavy atom. The molecule has 6 nitrogen and oxygen atoms in total. The molecule has 0 fully saturated rings. The number of hydrogen-bond donors (Lipinski definition) is 2. The number of amides is 1. The van der Waals surface area contributed by atoms with Crippen molar-refractivity contribution in [3.63, 3.8) is 0 Å². The first-order valence-electron chi connectivity index (χ1n) is 5.26. The Bertz CT molecular complexity index is 436. The molecule has 0 bridgehead atoms. The number of ether oxygens (including phenoxy) is 2. The van der Waals surface area contributed by atoms with Crippen molar-refractivity contribution in [1.82, 2.24) is 5.32 Å². The van der Waals surface area contributed by atoms with E-state index in [1.54, 1.807) is 18.2 Å². The molecule has 98 valence electrons. The Hall–Kier alpha value is -2.24. The summed E-state index contributed by atoms with van der Waals surface area (Å²) in [5.41, 5.74) is 0.176. The third-order valence-electron chi connectivity index (χ3n) is 2.37. The molecular weight excluding hydrogens is 238 g/mol. The lowest BCUT2D eigenvalue weighted by atomic mass is 10.1. The van der Waals surface area contributed by atoms with E-state index in [0.717, 1.165) is 0 Å². The van der Waals surface area contributed by atoms with Gasteiger partial charge in [-0.15, -0.1) is 0 Å². The molecule has 1 rings (SSSR count). The summed E-state index contributed by atoms with van der Waals surface area (Å²) in [6, 6.07) is 3.88. The normalized spacial score (nSPS) is 11.5. The van der Waals surface area contributed by atoms with Gasteiger partial charge in [0.15, 0.2) is 0 Å². The van der Waals surface area contributed by atoms with E-state index < -0.39 is 17.9 Å². The number of benzene rings is 1. The summed E-state index contributed by atoms with van der Waals surface area (Å²) < 4.78 is 10.1. The van der Waals surface area contributed by atoms with Gasteiger partial charge in [-0.3, -0.25) is 9.59 Å². The number of carboxylic acids is 1. The topological polar surface area (TPSA) is 84.9 Å². The first-order valence-corrected chi connectivity index (χ1v) is 5.26. The van der Waals surface area contributed by atoms with Crippen LogP contribution in [0.1, 0.15) is 17.3 Å². The highest BCUT2D eigenvalue weighted by Gasteiger charge is 2.21. The summed E-state index contributed by atoms with van der Waals surface area (Å²) in [6.07, 6.45) is 0. The highest BCUT2D eigenvalue weighted by Crippen LogP contribution is 2.27. The molecule has 0 unspecified atom stereocenters. The van der Waals surface area contributed by atoms with Gasteiger partial charge in [-0.1, -0.05) is 6.07 Å². The monoisotopic (exact) mass is 253 g/mol. The number of carbonyl (C=O) groups excluding carboxylic acids is 1. The lowest BCUT2D eigenvalue weighted by molar-refractivity contribution is -0.138. The molecule has 1 amide bonds. The Balaban J connectivity index is 3.07. The van der Waals surface area contributed by atoms with E-state index in [1.807, 2.05) is 0 Å². The minimum Gasteiger partial charge on any atom is -0.496 e. The van der Waals surface area contributed by atoms with Gasteiger partial charge in [-0.2, -0.15) is 0 Å². The van der Waals surface area contributed by atoms with E-state index in [0.29, 0.717) is 11.5 Å². The highest BCUT2D eigenvalue weighted by molar-refractivity contribution is 6.01. The van der Waals surface area contributed by atoms with E-state index in [4.69, 9.17) is 14.6 Å². The van der Waals surface area contributed by atoms with Crippen molar-refractivity contribution in [2.75, 3.05) is 14.2 Å². The van der Waals surface area contributed by atoms with Crippen molar-refractivity contribution in [3.8, 4) is 11.5 Å². The minimum atomic E-state index is -1.11. The maximum absolute atomic E-state index is 12.0. The fourth-order valence-corrected chi connectivity index (χ4v) is 1.41. The highest BCUT2D eigenvalue weighted by atomic mass is 16.5. The van der Waals surface area contributed by atoms with Gasteiger partial charge in [0.1, 0.15) is 23.1 Å². The predicted octanol–water partition coefficient (Wildman–Crippen LogP) is 0.907. The zero-order valence-electron chi connectivity index (χ0n) is 10.4. The first-order chi connectivity index (χ1) is 8.51. The summed E-state index contributed by atoms with van der Waals surface area (Å²) >= 11 is 0. The Morgan fingerprint density at radius 3 is 2.11 bits per heavy atom. The first kappa shape index (κ1) is 13.8. The lowest BCUT2D eigenvalue weighted by Crippen LogP contribution is -2.38. The van der Waals surface area contributed by atoms with Gasteiger partial charge in [0.2, 0.25) is 0 Å². The van der Waals surface area contributed by atoms with Crippen LogP contribution in [0, 0.1) is 0 Å².